The van der Waals surface area contributed by atoms with E-state index in [0.29, 0.717) is 42.2 Å². The molecule has 3 aromatic rings. The molecule has 0 spiro atoms. The van der Waals surface area contributed by atoms with Crippen LogP contribution in [0.3, 0.4) is 0 Å². The predicted molar refractivity (Wildman–Crippen MR) is 106 cm³/mol. The van der Waals surface area contributed by atoms with Gasteiger partial charge in [-0.2, -0.15) is 10.2 Å². The van der Waals surface area contributed by atoms with Gasteiger partial charge in [0.05, 0.1) is 17.7 Å². The van der Waals surface area contributed by atoms with Gasteiger partial charge in [0.15, 0.2) is 5.82 Å². The average molecular weight is 387 g/mol. The standard InChI is InChI=1S/C22H21N5O2/c1-27-14-18(24-21(28)17-9-7-16(13-23)8-10-17)12-19(27)22-25-20(26-29-22)11-15-5-3-2-4-6-15/h2-10,18-19H,11-12,14H2,1H3,(H,24,28)/t18-,19-/m0/s1. The number of amides is 1. The maximum atomic E-state index is 12.5. The molecule has 7 nitrogen and oxygen atoms in total. The molecule has 2 heterocycles. The summed E-state index contributed by atoms with van der Waals surface area (Å²) in [5.74, 6) is 1.09. The first-order valence-electron chi connectivity index (χ1n) is 9.50. The van der Waals surface area contributed by atoms with Gasteiger partial charge in [-0.25, -0.2) is 0 Å². The summed E-state index contributed by atoms with van der Waals surface area (Å²) in [6.45, 7) is 0.698. The molecule has 0 radical (unpaired) electrons. The minimum absolute atomic E-state index is 0.0161. The smallest absolute Gasteiger partial charge is 0.251 e. The van der Waals surface area contributed by atoms with E-state index in [1.54, 1.807) is 24.3 Å². The number of rotatable bonds is 5. The minimum atomic E-state index is -0.149. The second-order valence-electron chi connectivity index (χ2n) is 7.26. The van der Waals surface area contributed by atoms with Crippen molar-refractivity contribution in [3.8, 4) is 6.07 Å². The molecule has 1 fully saturated rings. The average Bonchev–Trinajstić information content (AvgIpc) is 3.35. The van der Waals surface area contributed by atoms with E-state index in [4.69, 9.17) is 9.78 Å². The van der Waals surface area contributed by atoms with Crippen molar-refractivity contribution in [3.05, 3.63) is 83.0 Å². The van der Waals surface area contributed by atoms with E-state index in [1.165, 1.54) is 0 Å². The van der Waals surface area contributed by atoms with Gasteiger partial charge in [-0.05, 0) is 43.3 Å². The molecule has 7 heteroatoms. The Balaban J connectivity index is 1.38. The van der Waals surface area contributed by atoms with E-state index in [0.717, 1.165) is 5.56 Å². The van der Waals surface area contributed by atoms with E-state index >= 15 is 0 Å². The van der Waals surface area contributed by atoms with Gasteiger partial charge in [-0.15, -0.1) is 0 Å². The highest BCUT2D eigenvalue weighted by atomic mass is 16.5. The van der Waals surface area contributed by atoms with Crippen LogP contribution in [0.25, 0.3) is 0 Å². The fourth-order valence-corrected chi connectivity index (χ4v) is 3.61. The van der Waals surface area contributed by atoms with Crippen LogP contribution in [0.2, 0.25) is 0 Å². The summed E-state index contributed by atoms with van der Waals surface area (Å²) in [6, 6.07) is 18.6. The Labute approximate surface area is 169 Å². The van der Waals surface area contributed by atoms with Crippen LogP contribution in [-0.4, -0.2) is 40.6 Å². The molecule has 2 atom stereocenters. The number of nitriles is 1. The summed E-state index contributed by atoms with van der Waals surface area (Å²) in [4.78, 5) is 19.2. The number of hydrogen-bond acceptors (Lipinski definition) is 6. The van der Waals surface area contributed by atoms with Crippen LogP contribution in [0.5, 0.6) is 0 Å². The van der Waals surface area contributed by atoms with Gasteiger partial charge in [0.25, 0.3) is 5.91 Å². The third-order valence-corrected chi connectivity index (χ3v) is 5.13. The Morgan fingerprint density at radius 2 is 2.00 bits per heavy atom. The molecule has 1 aromatic heterocycles. The lowest BCUT2D eigenvalue weighted by Crippen LogP contribution is -2.36. The number of hydrogen-bond donors (Lipinski definition) is 1. The number of nitrogens with one attached hydrogen (secondary N) is 1. The molecular formula is C22H21N5O2. The van der Waals surface area contributed by atoms with Gasteiger partial charge in [0.2, 0.25) is 5.89 Å². The lowest BCUT2D eigenvalue weighted by molar-refractivity contribution is 0.0938. The molecule has 0 aliphatic carbocycles. The van der Waals surface area contributed by atoms with Crippen LogP contribution in [0.1, 0.15) is 45.7 Å². The third-order valence-electron chi connectivity index (χ3n) is 5.13. The van der Waals surface area contributed by atoms with E-state index in [-0.39, 0.29) is 18.0 Å². The van der Waals surface area contributed by atoms with Crippen LogP contribution >= 0.6 is 0 Å². The molecule has 0 unspecified atom stereocenters. The second-order valence-corrected chi connectivity index (χ2v) is 7.26. The van der Waals surface area contributed by atoms with Gasteiger partial charge in [0, 0.05) is 24.6 Å². The molecule has 0 bridgehead atoms. The fourth-order valence-electron chi connectivity index (χ4n) is 3.61. The number of likely N-dealkylation sites (N-methyl/N-ethyl adjacent to an activating group) is 1. The minimum Gasteiger partial charge on any atom is -0.348 e. The topological polar surface area (TPSA) is 95.1 Å². The highest BCUT2D eigenvalue weighted by Crippen LogP contribution is 2.30. The van der Waals surface area contributed by atoms with Gasteiger partial charge in [-0.3, -0.25) is 9.69 Å². The molecule has 146 valence electrons. The van der Waals surface area contributed by atoms with E-state index in [2.05, 4.69) is 26.4 Å². The molecule has 4 rings (SSSR count). The van der Waals surface area contributed by atoms with Gasteiger partial charge < -0.3 is 9.84 Å². The summed E-state index contributed by atoms with van der Waals surface area (Å²) >= 11 is 0. The van der Waals surface area contributed by atoms with Crippen molar-refractivity contribution in [1.82, 2.24) is 20.4 Å². The summed E-state index contributed by atoms with van der Waals surface area (Å²) in [5.41, 5.74) is 2.20. The predicted octanol–water partition coefficient (Wildman–Crippen LogP) is 2.71. The number of likely N-dealkylation sites (tertiary alicyclic amines) is 1. The van der Waals surface area contributed by atoms with E-state index in [9.17, 15) is 4.79 Å². The highest BCUT2D eigenvalue weighted by Gasteiger charge is 2.35. The van der Waals surface area contributed by atoms with Crippen molar-refractivity contribution >= 4 is 5.91 Å². The summed E-state index contributed by atoms with van der Waals surface area (Å²) in [5, 5.41) is 16.0. The lowest BCUT2D eigenvalue weighted by Gasteiger charge is -2.14. The monoisotopic (exact) mass is 387 g/mol. The SMILES string of the molecule is CN1C[C@@H](NC(=O)c2ccc(C#N)cc2)C[C@H]1c1nc(Cc2ccccc2)no1. The van der Waals surface area contributed by atoms with Crippen molar-refractivity contribution in [3.63, 3.8) is 0 Å². The number of nitrogens with zero attached hydrogens (tertiary/aromatic N) is 4. The van der Waals surface area contributed by atoms with Crippen LogP contribution in [0.15, 0.2) is 59.1 Å². The molecule has 29 heavy (non-hydrogen) atoms. The Morgan fingerprint density at radius 1 is 1.24 bits per heavy atom. The highest BCUT2D eigenvalue weighted by molar-refractivity contribution is 5.94. The van der Waals surface area contributed by atoms with Crippen LogP contribution in [0, 0.1) is 11.3 Å². The molecule has 1 amide bonds. The number of aromatic nitrogens is 2. The van der Waals surface area contributed by atoms with E-state index in [1.807, 2.05) is 37.4 Å². The zero-order valence-corrected chi connectivity index (χ0v) is 16.1. The van der Waals surface area contributed by atoms with Crippen LogP contribution in [0.4, 0.5) is 0 Å². The Morgan fingerprint density at radius 3 is 2.72 bits per heavy atom. The molecule has 1 aliphatic rings. The number of benzene rings is 2. The lowest BCUT2D eigenvalue weighted by atomic mass is 10.1. The zero-order valence-electron chi connectivity index (χ0n) is 16.1. The third kappa shape index (κ3) is 4.33. The first kappa shape index (κ1) is 18.8. The number of carbonyl (C=O) groups is 1. The summed E-state index contributed by atoms with van der Waals surface area (Å²) in [7, 11) is 1.99. The van der Waals surface area contributed by atoms with Gasteiger partial charge in [0.1, 0.15) is 0 Å². The first-order chi connectivity index (χ1) is 14.1. The van der Waals surface area contributed by atoms with Crippen LogP contribution in [-0.2, 0) is 6.42 Å². The van der Waals surface area contributed by atoms with E-state index < -0.39 is 0 Å². The summed E-state index contributed by atoms with van der Waals surface area (Å²) in [6.07, 6.45) is 1.32. The Hall–Kier alpha value is -3.50. The summed E-state index contributed by atoms with van der Waals surface area (Å²) < 4.78 is 5.51. The Bertz CT molecular complexity index is 1020. The first-order valence-corrected chi connectivity index (χ1v) is 9.50. The van der Waals surface area contributed by atoms with Gasteiger partial charge >= 0.3 is 0 Å². The maximum Gasteiger partial charge on any atom is 0.251 e. The molecular weight excluding hydrogens is 366 g/mol. The fraction of sp³-hybridized carbons (Fsp3) is 0.273. The molecule has 0 saturated carbocycles. The second kappa shape index (κ2) is 8.25. The number of carbonyl (C=O) groups excluding carboxylic acids is 1. The van der Waals surface area contributed by atoms with Crippen molar-refractivity contribution in [1.29, 1.82) is 5.26 Å². The van der Waals surface area contributed by atoms with Crippen LogP contribution < -0.4 is 5.32 Å². The van der Waals surface area contributed by atoms with Crippen molar-refractivity contribution in [2.45, 2.75) is 24.9 Å². The molecule has 1 aliphatic heterocycles. The molecule has 1 N–H and O–H groups in total. The van der Waals surface area contributed by atoms with Gasteiger partial charge in [-0.1, -0.05) is 35.5 Å². The maximum absolute atomic E-state index is 12.5. The van der Waals surface area contributed by atoms with Crippen molar-refractivity contribution in [2.75, 3.05) is 13.6 Å². The van der Waals surface area contributed by atoms with Crippen molar-refractivity contribution < 1.29 is 9.32 Å². The quantitative estimate of drug-likeness (QED) is 0.723. The normalized spacial score (nSPS) is 19.0. The largest absolute Gasteiger partial charge is 0.348 e. The van der Waals surface area contributed by atoms with Crippen molar-refractivity contribution in [2.24, 2.45) is 0 Å². The Kier molecular flexibility index (Phi) is 5.36. The molecule has 1 saturated heterocycles. The zero-order chi connectivity index (χ0) is 20.2. The molecule has 2 aromatic carbocycles.